The SMILES string of the molecule is CC(C)[C@H](NC(=O)c1ccc(F)cc1)C(=O)N1CCN(S(=O)(=O)c2ccccc2[N+](=O)[O-])CC1. The first kappa shape index (κ1) is 25.2. The van der Waals surface area contributed by atoms with E-state index in [1.54, 1.807) is 13.8 Å². The van der Waals surface area contributed by atoms with Crippen LogP contribution in [0.15, 0.2) is 53.4 Å². The molecule has 0 unspecified atom stereocenters. The molecular weight excluding hydrogens is 467 g/mol. The van der Waals surface area contributed by atoms with Crippen molar-refractivity contribution in [3.05, 3.63) is 70.0 Å². The summed E-state index contributed by atoms with van der Waals surface area (Å²) >= 11 is 0. The monoisotopic (exact) mass is 492 g/mol. The number of hydrogen-bond donors (Lipinski definition) is 1. The number of halogens is 1. The van der Waals surface area contributed by atoms with Crippen LogP contribution in [0.25, 0.3) is 0 Å². The molecule has 0 aromatic heterocycles. The van der Waals surface area contributed by atoms with Crippen molar-refractivity contribution in [2.75, 3.05) is 26.2 Å². The average molecular weight is 493 g/mol. The molecule has 0 saturated carbocycles. The largest absolute Gasteiger partial charge is 0.340 e. The maximum Gasteiger partial charge on any atom is 0.289 e. The van der Waals surface area contributed by atoms with Crippen molar-refractivity contribution in [1.29, 1.82) is 0 Å². The second kappa shape index (κ2) is 10.3. The molecule has 2 amide bonds. The van der Waals surface area contributed by atoms with E-state index in [-0.39, 0.29) is 43.6 Å². The first-order valence-electron chi connectivity index (χ1n) is 10.6. The van der Waals surface area contributed by atoms with Gasteiger partial charge in [-0.3, -0.25) is 19.7 Å². The number of carbonyl (C=O) groups excluding carboxylic acids is 2. The van der Waals surface area contributed by atoms with Gasteiger partial charge < -0.3 is 10.2 Å². The molecule has 2 aromatic carbocycles. The molecule has 2 aromatic rings. The Balaban J connectivity index is 1.69. The summed E-state index contributed by atoms with van der Waals surface area (Å²) in [5.74, 6) is -1.63. The Labute approximate surface area is 196 Å². The third kappa shape index (κ3) is 5.39. The first-order valence-corrected chi connectivity index (χ1v) is 12.0. The number of amides is 2. The van der Waals surface area contributed by atoms with Crippen LogP contribution < -0.4 is 5.32 Å². The van der Waals surface area contributed by atoms with Crippen LogP contribution in [0.2, 0.25) is 0 Å². The Hall–Kier alpha value is -3.38. The van der Waals surface area contributed by atoms with Gasteiger partial charge in [0.05, 0.1) is 4.92 Å². The molecule has 0 aliphatic carbocycles. The molecule has 1 fully saturated rings. The second-order valence-corrected chi connectivity index (χ2v) is 10.1. The predicted molar refractivity (Wildman–Crippen MR) is 121 cm³/mol. The summed E-state index contributed by atoms with van der Waals surface area (Å²) < 4.78 is 40.2. The van der Waals surface area contributed by atoms with Gasteiger partial charge in [-0.15, -0.1) is 0 Å². The van der Waals surface area contributed by atoms with Crippen LogP contribution in [0.3, 0.4) is 0 Å². The molecule has 3 rings (SSSR count). The summed E-state index contributed by atoms with van der Waals surface area (Å²) in [6.07, 6.45) is 0. The van der Waals surface area contributed by atoms with Gasteiger partial charge in [0.1, 0.15) is 11.9 Å². The zero-order valence-corrected chi connectivity index (χ0v) is 19.5. The smallest absolute Gasteiger partial charge is 0.289 e. The topological polar surface area (TPSA) is 130 Å². The Morgan fingerprint density at radius 3 is 2.18 bits per heavy atom. The molecule has 0 spiro atoms. The summed E-state index contributed by atoms with van der Waals surface area (Å²) in [6, 6.07) is 9.19. The number of nitrogens with zero attached hydrogens (tertiary/aromatic N) is 3. The van der Waals surface area contributed by atoms with Crippen molar-refractivity contribution in [2.45, 2.75) is 24.8 Å². The maximum atomic E-state index is 13.1. The van der Waals surface area contributed by atoms with E-state index in [4.69, 9.17) is 0 Å². The van der Waals surface area contributed by atoms with Gasteiger partial charge in [-0.1, -0.05) is 26.0 Å². The summed E-state index contributed by atoms with van der Waals surface area (Å²) in [5, 5.41) is 13.9. The van der Waals surface area contributed by atoms with E-state index in [1.165, 1.54) is 35.2 Å². The lowest BCUT2D eigenvalue weighted by atomic mass is 10.0. The summed E-state index contributed by atoms with van der Waals surface area (Å²) in [5.41, 5.74) is -0.301. The predicted octanol–water partition coefficient (Wildman–Crippen LogP) is 2.02. The van der Waals surface area contributed by atoms with Gasteiger partial charge in [0.25, 0.3) is 11.6 Å². The highest BCUT2D eigenvalue weighted by Gasteiger charge is 2.36. The van der Waals surface area contributed by atoms with Crippen molar-refractivity contribution in [2.24, 2.45) is 5.92 Å². The number of nitro groups is 1. The number of nitrogens with one attached hydrogen (secondary N) is 1. The molecule has 0 radical (unpaired) electrons. The minimum Gasteiger partial charge on any atom is -0.340 e. The molecule has 0 bridgehead atoms. The van der Waals surface area contributed by atoms with Crippen LogP contribution >= 0.6 is 0 Å². The molecule has 1 saturated heterocycles. The molecule has 1 aliphatic rings. The van der Waals surface area contributed by atoms with Crippen LogP contribution in [0.1, 0.15) is 24.2 Å². The highest BCUT2D eigenvalue weighted by molar-refractivity contribution is 7.89. The number of nitro benzene ring substituents is 1. The van der Waals surface area contributed by atoms with Gasteiger partial charge >= 0.3 is 0 Å². The number of piperazine rings is 1. The number of para-hydroxylation sites is 1. The molecule has 1 aliphatic heterocycles. The molecule has 1 atom stereocenters. The molecule has 12 heteroatoms. The molecule has 34 heavy (non-hydrogen) atoms. The number of benzene rings is 2. The normalized spacial score (nSPS) is 15.7. The van der Waals surface area contributed by atoms with E-state index in [2.05, 4.69) is 5.32 Å². The third-order valence-corrected chi connectivity index (χ3v) is 7.50. The average Bonchev–Trinajstić information content (AvgIpc) is 2.82. The Kier molecular flexibility index (Phi) is 7.62. The zero-order chi connectivity index (χ0) is 25.0. The summed E-state index contributed by atoms with van der Waals surface area (Å²) in [4.78, 5) is 37.2. The summed E-state index contributed by atoms with van der Waals surface area (Å²) in [6.45, 7) is 3.57. The van der Waals surface area contributed by atoms with Gasteiger partial charge in [-0.05, 0) is 36.2 Å². The zero-order valence-electron chi connectivity index (χ0n) is 18.7. The van der Waals surface area contributed by atoms with Gasteiger partial charge in [0.2, 0.25) is 15.9 Å². The first-order chi connectivity index (χ1) is 16.0. The standard InChI is InChI=1S/C22H25FN4O6S/c1-15(2)20(24-21(28)16-7-9-17(23)10-8-16)22(29)25-11-13-26(14-12-25)34(32,33)19-6-4-3-5-18(19)27(30)31/h3-10,15,20H,11-14H2,1-2H3,(H,24,28)/t20-/m0/s1. The molecular formula is C22H25FN4O6S. The number of hydrogen-bond acceptors (Lipinski definition) is 6. The second-order valence-electron chi connectivity index (χ2n) is 8.16. The van der Waals surface area contributed by atoms with Crippen molar-refractivity contribution >= 4 is 27.5 Å². The van der Waals surface area contributed by atoms with Gasteiger partial charge in [-0.2, -0.15) is 4.31 Å². The lowest BCUT2D eigenvalue weighted by Gasteiger charge is -2.36. The fourth-order valence-electron chi connectivity index (χ4n) is 3.65. The van der Waals surface area contributed by atoms with E-state index in [1.807, 2.05) is 0 Å². The van der Waals surface area contributed by atoms with E-state index in [0.29, 0.717) is 0 Å². The van der Waals surface area contributed by atoms with Crippen LogP contribution in [0.4, 0.5) is 10.1 Å². The van der Waals surface area contributed by atoms with Gasteiger partial charge in [-0.25, -0.2) is 12.8 Å². The fraction of sp³-hybridized carbons (Fsp3) is 0.364. The third-order valence-electron chi connectivity index (χ3n) is 5.56. The van der Waals surface area contributed by atoms with Crippen LogP contribution in [-0.2, 0) is 14.8 Å². The molecule has 1 heterocycles. The van der Waals surface area contributed by atoms with E-state index < -0.39 is 43.3 Å². The van der Waals surface area contributed by atoms with E-state index in [9.17, 15) is 32.5 Å². The highest BCUT2D eigenvalue weighted by Crippen LogP contribution is 2.27. The minimum atomic E-state index is -4.13. The lowest BCUT2D eigenvalue weighted by Crippen LogP contribution is -2.57. The highest BCUT2D eigenvalue weighted by atomic mass is 32.2. The quantitative estimate of drug-likeness (QED) is 0.465. The molecule has 182 valence electrons. The molecule has 1 N–H and O–H groups in total. The maximum absolute atomic E-state index is 13.1. The fourth-order valence-corrected chi connectivity index (χ4v) is 5.23. The van der Waals surface area contributed by atoms with Crippen LogP contribution in [0, 0.1) is 21.8 Å². The summed E-state index contributed by atoms with van der Waals surface area (Å²) in [7, 11) is -4.13. The Bertz CT molecular complexity index is 1180. The van der Waals surface area contributed by atoms with Crippen LogP contribution in [-0.4, -0.2) is 66.6 Å². The Morgan fingerprint density at radius 1 is 1.03 bits per heavy atom. The Morgan fingerprint density at radius 2 is 1.62 bits per heavy atom. The number of carbonyl (C=O) groups is 2. The van der Waals surface area contributed by atoms with Gasteiger partial charge in [0.15, 0.2) is 4.90 Å². The molecule has 10 nitrogen and oxygen atoms in total. The van der Waals surface area contributed by atoms with E-state index >= 15 is 0 Å². The van der Waals surface area contributed by atoms with Gasteiger partial charge in [0, 0.05) is 37.8 Å². The lowest BCUT2D eigenvalue weighted by molar-refractivity contribution is -0.387. The van der Waals surface area contributed by atoms with Crippen molar-refractivity contribution in [3.8, 4) is 0 Å². The van der Waals surface area contributed by atoms with Crippen molar-refractivity contribution in [1.82, 2.24) is 14.5 Å². The van der Waals surface area contributed by atoms with Crippen molar-refractivity contribution in [3.63, 3.8) is 0 Å². The van der Waals surface area contributed by atoms with Crippen LogP contribution in [0.5, 0.6) is 0 Å². The minimum absolute atomic E-state index is 0.0448. The number of rotatable bonds is 7. The number of sulfonamides is 1. The van der Waals surface area contributed by atoms with Crippen molar-refractivity contribution < 1.29 is 27.3 Å². The van der Waals surface area contributed by atoms with E-state index in [0.717, 1.165) is 22.5 Å².